The van der Waals surface area contributed by atoms with E-state index < -0.39 is 0 Å². The van der Waals surface area contributed by atoms with E-state index in [2.05, 4.69) is 15.1 Å². The molecule has 2 aliphatic rings. The number of aryl methyl sites for hydroxylation is 1. The van der Waals surface area contributed by atoms with Crippen molar-refractivity contribution in [3.05, 3.63) is 48.2 Å². The Bertz CT molecular complexity index is 1040. The lowest BCUT2D eigenvalue weighted by atomic mass is 9.83. The number of hydrogen-bond donors (Lipinski definition) is 0. The predicted octanol–water partition coefficient (Wildman–Crippen LogP) is 4.01. The van der Waals surface area contributed by atoms with Crippen LogP contribution < -0.4 is 0 Å². The Hall–Kier alpha value is -3.09. The van der Waals surface area contributed by atoms with Gasteiger partial charge >= 0.3 is 0 Å². The number of piperidine rings is 1. The summed E-state index contributed by atoms with van der Waals surface area (Å²) in [5.74, 6) is 1.98. The van der Waals surface area contributed by atoms with Crippen LogP contribution in [0.1, 0.15) is 49.4 Å². The highest BCUT2D eigenvalue weighted by Gasteiger charge is 2.34. The molecule has 0 spiro atoms. The summed E-state index contributed by atoms with van der Waals surface area (Å²) in [5.41, 5.74) is 3.47. The summed E-state index contributed by atoms with van der Waals surface area (Å²) >= 11 is 0. The van der Waals surface area contributed by atoms with Crippen LogP contribution in [0.4, 0.5) is 0 Å². The molecule has 7 heteroatoms. The SMILES string of the molecule is Cc1cc(-c2cnc(-c3cccnc3)nc2C2CCCN(C(=O)C3CCC3)C2)on1. The van der Waals surface area contributed by atoms with Gasteiger partial charge in [0, 0.05) is 55.1 Å². The van der Waals surface area contributed by atoms with Gasteiger partial charge in [-0.15, -0.1) is 0 Å². The zero-order chi connectivity index (χ0) is 20.5. The van der Waals surface area contributed by atoms with Crippen molar-refractivity contribution in [3.63, 3.8) is 0 Å². The van der Waals surface area contributed by atoms with E-state index >= 15 is 0 Å². The highest BCUT2D eigenvalue weighted by atomic mass is 16.5. The molecule has 1 atom stereocenters. The average molecular weight is 403 g/mol. The standard InChI is InChI=1S/C23H25N5O2/c1-15-11-20(30-27-15)19-13-25-22(17-7-3-9-24-12-17)26-21(19)18-8-4-10-28(14-18)23(29)16-5-2-6-16/h3,7,9,11-13,16,18H,2,4-6,8,10,14H2,1H3. The molecule has 1 aliphatic heterocycles. The van der Waals surface area contributed by atoms with Gasteiger partial charge in [0.05, 0.1) is 17.0 Å². The summed E-state index contributed by atoms with van der Waals surface area (Å²) in [6.07, 6.45) is 10.5. The van der Waals surface area contributed by atoms with Gasteiger partial charge in [-0.05, 0) is 44.7 Å². The number of likely N-dealkylation sites (tertiary alicyclic amines) is 1. The molecule has 7 nitrogen and oxygen atoms in total. The van der Waals surface area contributed by atoms with Crippen molar-refractivity contribution in [2.24, 2.45) is 5.92 Å². The fourth-order valence-corrected chi connectivity index (χ4v) is 4.33. The van der Waals surface area contributed by atoms with Gasteiger partial charge in [0.25, 0.3) is 0 Å². The van der Waals surface area contributed by atoms with E-state index in [4.69, 9.17) is 9.51 Å². The summed E-state index contributed by atoms with van der Waals surface area (Å²) < 4.78 is 5.54. The van der Waals surface area contributed by atoms with Gasteiger partial charge in [0.15, 0.2) is 11.6 Å². The van der Waals surface area contributed by atoms with Gasteiger partial charge in [0.1, 0.15) is 0 Å². The molecule has 0 N–H and O–H groups in total. The Kier molecular flexibility index (Phi) is 5.02. The summed E-state index contributed by atoms with van der Waals surface area (Å²) in [6, 6.07) is 5.75. The van der Waals surface area contributed by atoms with Gasteiger partial charge in [-0.3, -0.25) is 9.78 Å². The molecule has 1 unspecified atom stereocenters. The normalized spacial score (nSPS) is 19.5. The Labute approximate surface area is 175 Å². The lowest BCUT2D eigenvalue weighted by Crippen LogP contribution is -2.44. The fraction of sp³-hybridized carbons (Fsp3) is 0.435. The second-order valence-corrected chi connectivity index (χ2v) is 8.32. The molecule has 2 fully saturated rings. The molecule has 1 amide bonds. The molecule has 1 saturated heterocycles. The van der Waals surface area contributed by atoms with Gasteiger partial charge in [-0.1, -0.05) is 11.6 Å². The largest absolute Gasteiger partial charge is 0.356 e. The number of rotatable bonds is 4. The van der Waals surface area contributed by atoms with Gasteiger partial charge < -0.3 is 9.42 Å². The first-order valence-electron chi connectivity index (χ1n) is 10.7. The molecule has 0 aromatic carbocycles. The van der Waals surface area contributed by atoms with Crippen LogP contribution in [0.25, 0.3) is 22.7 Å². The van der Waals surface area contributed by atoms with Crippen LogP contribution in [0.5, 0.6) is 0 Å². The zero-order valence-electron chi connectivity index (χ0n) is 17.1. The number of amides is 1. The second-order valence-electron chi connectivity index (χ2n) is 8.32. The third kappa shape index (κ3) is 3.60. The maximum Gasteiger partial charge on any atom is 0.225 e. The van der Waals surface area contributed by atoms with E-state index in [1.165, 1.54) is 6.42 Å². The summed E-state index contributed by atoms with van der Waals surface area (Å²) in [5, 5.41) is 4.04. The van der Waals surface area contributed by atoms with Crippen molar-refractivity contribution in [2.45, 2.75) is 44.9 Å². The van der Waals surface area contributed by atoms with Crippen molar-refractivity contribution in [1.82, 2.24) is 25.0 Å². The Balaban J connectivity index is 1.51. The van der Waals surface area contributed by atoms with Crippen LogP contribution in [0, 0.1) is 12.8 Å². The number of pyridine rings is 1. The van der Waals surface area contributed by atoms with Crippen LogP contribution in [-0.2, 0) is 4.79 Å². The monoisotopic (exact) mass is 403 g/mol. The van der Waals surface area contributed by atoms with Gasteiger partial charge in [-0.25, -0.2) is 9.97 Å². The van der Waals surface area contributed by atoms with Gasteiger partial charge in [0.2, 0.25) is 5.91 Å². The summed E-state index contributed by atoms with van der Waals surface area (Å²) in [7, 11) is 0. The van der Waals surface area contributed by atoms with Crippen LogP contribution >= 0.6 is 0 Å². The van der Waals surface area contributed by atoms with Crippen molar-refractivity contribution >= 4 is 5.91 Å². The number of nitrogens with zero attached hydrogens (tertiary/aromatic N) is 5. The minimum Gasteiger partial charge on any atom is -0.356 e. The molecular weight excluding hydrogens is 378 g/mol. The molecule has 30 heavy (non-hydrogen) atoms. The second kappa shape index (κ2) is 7.97. The Morgan fingerprint density at radius 3 is 2.80 bits per heavy atom. The van der Waals surface area contributed by atoms with Gasteiger partial charge in [-0.2, -0.15) is 0 Å². The predicted molar refractivity (Wildman–Crippen MR) is 111 cm³/mol. The zero-order valence-corrected chi connectivity index (χ0v) is 17.1. The van der Waals surface area contributed by atoms with E-state index in [9.17, 15) is 4.79 Å². The molecule has 1 saturated carbocycles. The van der Waals surface area contributed by atoms with Crippen LogP contribution in [0.15, 0.2) is 41.3 Å². The number of carbonyl (C=O) groups is 1. The van der Waals surface area contributed by atoms with E-state index in [1.54, 1.807) is 12.4 Å². The molecule has 5 rings (SSSR count). The molecule has 0 radical (unpaired) electrons. The van der Waals surface area contributed by atoms with Crippen LogP contribution in [-0.4, -0.2) is 44.0 Å². The van der Waals surface area contributed by atoms with E-state index in [0.717, 1.165) is 54.7 Å². The fourth-order valence-electron chi connectivity index (χ4n) is 4.33. The minimum atomic E-state index is 0.140. The smallest absolute Gasteiger partial charge is 0.225 e. The van der Waals surface area contributed by atoms with Crippen LogP contribution in [0.3, 0.4) is 0 Å². The number of aromatic nitrogens is 4. The maximum atomic E-state index is 12.9. The average Bonchev–Trinajstić information content (AvgIpc) is 3.19. The van der Waals surface area contributed by atoms with Crippen molar-refractivity contribution in [2.75, 3.05) is 13.1 Å². The van der Waals surface area contributed by atoms with Crippen LogP contribution in [0.2, 0.25) is 0 Å². The van der Waals surface area contributed by atoms with E-state index in [-0.39, 0.29) is 11.8 Å². The number of hydrogen-bond acceptors (Lipinski definition) is 6. The lowest BCUT2D eigenvalue weighted by molar-refractivity contribution is -0.139. The third-order valence-electron chi connectivity index (χ3n) is 6.21. The Morgan fingerprint density at radius 1 is 1.20 bits per heavy atom. The molecule has 3 aromatic heterocycles. The maximum absolute atomic E-state index is 12.9. The van der Waals surface area contributed by atoms with Crippen molar-refractivity contribution in [3.8, 4) is 22.7 Å². The highest BCUT2D eigenvalue weighted by molar-refractivity contribution is 5.80. The first kappa shape index (κ1) is 18.9. The molecule has 1 aliphatic carbocycles. The van der Waals surface area contributed by atoms with Crippen molar-refractivity contribution < 1.29 is 9.32 Å². The minimum absolute atomic E-state index is 0.140. The van der Waals surface area contributed by atoms with E-state index in [0.29, 0.717) is 24.0 Å². The first-order valence-corrected chi connectivity index (χ1v) is 10.7. The molecule has 154 valence electrons. The summed E-state index contributed by atoms with van der Waals surface area (Å²) in [4.78, 5) is 28.6. The topological polar surface area (TPSA) is 85.0 Å². The summed E-state index contributed by atoms with van der Waals surface area (Å²) in [6.45, 7) is 3.43. The molecule has 4 heterocycles. The Morgan fingerprint density at radius 2 is 2.10 bits per heavy atom. The first-order chi connectivity index (χ1) is 14.7. The lowest BCUT2D eigenvalue weighted by Gasteiger charge is -2.37. The number of carbonyl (C=O) groups excluding carboxylic acids is 1. The van der Waals surface area contributed by atoms with Crippen molar-refractivity contribution in [1.29, 1.82) is 0 Å². The molecule has 3 aromatic rings. The quantitative estimate of drug-likeness (QED) is 0.654. The third-order valence-corrected chi connectivity index (χ3v) is 6.21. The molecular formula is C23H25N5O2. The highest BCUT2D eigenvalue weighted by Crippen LogP contribution is 2.36. The molecule has 0 bridgehead atoms. The van der Waals surface area contributed by atoms with E-state index in [1.807, 2.05) is 36.2 Å².